The van der Waals surface area contributed by atoms with Gasteiger partial charge in [-0.1, -0.05) is 0 Å². The Morgan fingerprint density at radius 2 is 1.80 bits per heavy atom. The molecule has 0 aromatic carbocycles. The fraction of sp³-hybridized carbons (Fsp3) is 0.909. The molecule has 0 bridgehead atoms. The van der Waals surface area contributed by atoms with Gasteiger partial charge in [-0.25, -0.2) is 0 Å². The van der Waals surface area contributed by atoms with E-state index in [4.69, 9.17) is 9.47 Å². The first-order chi connectivity index (χ1) is 6.87. The summed E-state index contributed by atoms with van der Waals surface area (Å²) in [5.41, 5.74) is -0.568. The molecule has 0 N–H and O–H groups in total. The van der Waals surface area contributed by atoms with E-state index in [1.165, 1.54) is 7.11 Å². The molecule has 1 heterocycles. The quantitative estimate of drug-likeness (QED) is 0.645. The molecule has 4 heteroatoms. The lowest BCUT2D eigenvalue weighted by molar-refractivity contribution is -0.161. The number of methoxy groups -OCH3 is 1. The second-order valence-corrected chi connectivity index (χ2v) is 4.71. The Labute approximate surface area is 91.5 Å². The van der Waals surface area contributed by atoms with Crippen LogP contribution in [0.5, 0.6) is 0 Å². The fourth-order valence-electron chi connectivity index (χ4n) is 2.01. The Morgan fingerprint density at radius 3 is 2.20 bits per heavy atom. The molecule has 0 aromatic rings. The molecule has 0 radical (unpaired) electrons. The molecule has 1 aliphatic heterocycles. The molecule has 15 heavy (non-hydrogen) atoms. The van der Waals surface area contributed by atoms with E-state index >= 15 is 0 Å². The summed E-state index contributed by atoms with van der Waals surface area (Å²) in [4.78, 5) is 13.8. The van der Waals surface area contributed by atoms with E-state index in [2.05, 4.69) is 4.90 Å². The lowest BCUT2D eigenvalue weighted by atomic mass is 10.0. The molecule has 0 amide bonds. The molecular weight excluding hydrogens is 194 g/mol. The van der Waals surface area contributed by atoms with E-state index in [1.54, 1.807) is 0 Å². The summed E-state index contributed by atoms with van der Waals surface area (Å²) in [5.74, 6) is -0.191. The van der Waals surface area contributed by atoms with Crippen molar-refractivity contribution in [2.24, 2.45) is 0 Å². The number of carbonyl (C=O) groups is 1. The minimum Gasteiger partial charge on any atom is -0.468 e. The highest BCUT2D eigenvalue weighted by Crippen LogP contribution is 2.22. The van der Waals surface area contributed by atoms with Crippen molar-refractivity contribution in [2.75, 3.05) is 20.2 Å². The fourth-order valence-corrected chi connectivity index (χ4v) is 2.01. The molecule has 4 nitrogen and oxygen atoms in total. The van der Waals surface area contributed by atoms with Gasteiger partial charge < -0.3 is 9.47 Å². The predicted molar refractivity (Wildman–Crippen MR) is 57.7 cm³/mol. The third kappa shape index (κ3) is 2.69. The molecule has 0 unspecified atom stereocenters. The number of hydrogen-bond acceptors (Lipinski definition) is 4. The van der Waals surface area contributed by atoms with Crippen LogP contribution in [0.25, 0.3) is 0 Å². The molecule has 0 spiro atoms. The molecule has 1 aliphatic rings. The van der Waals surface area contributed by atoms with Gasteiger partial charge in [0.15, 0.2) is 0 Å². The van der Waals surface area contributed by atoms with Crippen LogP contribution in [-0.2, 0) is 14.3 Å². The maximum absolute atomic E-state index is 11.6. The van der Waals surface area contributed by atoms with Crippen molar-refractivity contribution in [1.29, 1.82) is 0 Å². The molecule has 1 rings (SSSR count). The van der Waals surface area contributed by atoms with Crippen molar-refractivity contribution in [2.45, 2.75) is 45.4 Å². The van der Waals surface area contributed by atoms with Crippen LogP contribution in [-0.4, -0.2) is 48.8 Å². The van der Waals surface area contributed by atoms with E-state index in [0.717, 1.165) is 13.1 Å². The first-order valence-corrected chi connectivity index (χ1v) is 5.37. The molecule has 88 valence electrons. The molecular formula is C11H21NO3. The first-order valence-electron chi connectivity index (χ1n) is 5.37. The van der Waals surface area contributed by atoms with Crippen LogP contribution < -0.4 is 0 Å². The highest BCUT2D eigenvalue weighted by molar-refractivity contribution is 5.79. The van der Waals surface area contributed by atoms with Crippen LogP contribution in [0.1, 0.15) is 27.7 Å². The molecule has 1 fully saturated rings. The Morgan fingerprint density at radius 1 is 1.33 bits per heavy atom. The van der Waals surface area contributed by atoms with Gasteiger partial charge in [0, 0.05) is 13.1 Å². The van der Waals surface area contributed by atoms with Crippen molar-refractivity contribution in [3.8, 4) is 0 Å². The maximum atomic E-state index is 11.6. The zero-order valence-corrected chi connectivity index (χ0v) is 10.2. The van der Waals surface area contributed by atoms with Crippen LogP contribution in [0.15, 0.2) is 0 Å². The van der Waals surface area contributed by atoms with Crippen LogP contribution in [0.3, 0.4) is 0 Å². The van der Waals surface area contributed by atoms with E-state index < -0.39 is 5.54 Å². The highest BCUT2D eigenvalue weighted by Gasteiger charge is 2.39. The molecule has 0 saturated carbocycles. The van der Waals surface area contributed by atoms with E-state index in [-0.39, 0.29) is 18.2 Å². The van der Waals surface area contributed by atoms with Crippen LogP contribution in [0.2, 0.25) is 0 Å². The van der Waals surface area contributed by atoms with Gasteiger partial charge in [0.1, 0.15) is 5.54 Å². The number of nitrogens with zero attached hydrogens (tertiary/aromatic N) is 1. The van der Waals surface area contributed by atoms with E-state index in [1.807, 2.05) is 27.7 Å². The maximum Gasteiger partial charge on any atom is 0.325 e. The number of carbonyl (C=O) groups excluding carboxylic acids is 1. The normalized spacial score (nSPS) is 28.9. The summed E-state index contributed by atoms with van der Waals surface area (Å²) in [6.07, 6.45) is 0.329. The minimum atomic E-state index is -0.568. The van der Waals surface area contributed by atoms with E-state index in [9.17, 15) is 4.79 Å². The summed E-state index contributed by atoms with van der Waals surface area (Å²) >= 11 is 0. The van der Waals surface area contributed by atoms with Gasteiger partial charge in [-0.2, -0.15) is 0 Å². The Kier molecular flexibility index (Phi) is 3.73. The first kappa shape index (κ1) is 12.5. The number of ether oxygens (including phenoxy) is 2. The molecule has 2 atom stereocenters. The summed E-state index contributed by atoms with van der Waals surface area (Å²) in [5, 5.41) is 0. The standard InChI is InChI=1S/C11H21NO3/c1-8-6-12(7-9(2)15-8)11(3,4)10(13)14-5/h8-9H,6-7H2,1-5H3/t8-,9+. The van der Waals surface area contributed by atoms with Gasteiger partial charge in [-0.3, -0.25) is 9.69 Å². The SMILES string of the molecule is COC(=O)C(C)(C)N1C[C@@H](C)O[C@@H](C)C1. The van der Waals surface area contributed by atoms with Crippen molar-refractivity contribution in [3.63, 3.8) is 0 Å². The van der Waals surface area contributed by atoms with Crippen LogP contribution >= 0.6 is 0 Å². The van der Waals surface area contributed by atoms with Crippen LogP contribution in [0.4, 0.5) is 0 Å². The largest absolute Gasteiger partial charge is 0.468 e. The van der Waals surface area contributed by atoms with Crippen molar-refractivity contribution >= 4 is 5.97 Å². The van der Waals surface area contributed by atoms with Gasteiger partial charge >= 0.3 is 5.97 Å². The second-order valence-electron chi connectivity index (χ2n) is 4.71. The summed E-state index contributed by atoms with van der Waals surface area (Å²) in [6, 6.07) is 0. The summed E-state index contributed by atoms with van der Waals surface area (Å²) in [7, 11) is 1.43. The predicted octanol–water partition coefficient (Wildman–Crippen LogP) is 1.05. The van der Waals surface area contributed by atoms with Crippen LogP contribution in [0, 0.1) is 0 Å². The zero-order valence-electron chi connectivity index (χ0n) is 10.2. The topological polar surface area (TPSA) is 38.8 Å². The number of rotatable bonds is 2. The summed E-state index contributed by atoms with van der Waals surface area (Å²) < 4.78 is 10.4. The Balaban J connectivity index is 2.73. The van der Waals surface area contributed by atoms with Gasteiger partial charge in [0.25, 0.3) is 0 Å². The average molecular weight is 215 g/mol. The molecule has 0 aliphatic carbocycles. The van der Waals surface area contributed by atoms with Gasteiger partial charge in [0.2, 0.25) is 0 Å². The van der Waals surface area contributed by atoms with Crippen molar-refractivity contribution < 1.29 is 14.3 Å². The lowest BCUT2D eigenvalue weighted by Crippen LogP contribution is -2.58. The van der Waals surface area contributed by atoms with Gasteiger partial charge in [-0.15, -0.1) is 0 Å². The molecule has 0 aromatic heterocycles. The summed E-state index contributed by atoms with van der Waals surface area (Å²) in [6.45, 7) is 9.37. The second kappa shape index (κ2) is 4.49. The van der Waals surface area contributed by atoms with Crippen molar-refractivity contribution in [3.05, 3.63) is 0 Å². The minimum absolute atomic E-state index is 0.165. The highest BCUT2D eigenvalue weighted by atomic mass is 16.5. The third-order valence-electron chi connectivity index (χ3n) is 2.90. The van der Waals surface area contributed by atoms with Crippen molar-refractivity contribution in [1.82, 2.24) is 4.90 Å². The zero-order chi connectivity index (χ0) is 11.6. The number of hydrogen-bond donors (Lipinski definition) is 0. The third-order valence-corrected chi connectivity index (χ3v) is 2.90. The molecule has 1 saturated heterocycles. The monoisotopic (exact) mass is 215 g/mol. The Hall–Kier alpha value is -0.610. The smallest absolute Gasteiger partial charge is 0.325 e. The number of esters is 1. The number of morpholine rings is 1. The lowest BCUT2D eigenvalue weighted by Gasteiger charge is -2.43. The van der Waals surface area contributed by atoms with E-state index in [0.29, 0.717) is 0 Å². The average Bonchev–Trinajstić information content (AvgIpc) is 2.15. The Bertz CT molecular complexity index is 230. The van der Waals surface area contributed by atoms with Gasteiger partial charge in [0.05, 0.1) is 19.3 Å². The van der Waals surface area contributed by atoms with Gasteiger partial charge in [-0.05, 0) is 27.7 Å².